The summed E-state index contributed by atoms with van der Waals surface area (Å²) >= 11 is 0. The van der Waals surface area contributed by atoms with Crippen molar-refractivity contribution in [3.63, 3.8) is 0 Å². The third-order valence-electron chi connectivity index (χ3n) is 4.70. The normalized spacial score (nSPS) is 11.5. The zero-order chi connectivity index (χ0) is 20.6. The number of amides is 2. The fourth-order valence-corrected chi connectivity index (χ4v) is 3.10. The fourth-order valence-electron chi connectivity index (χ4n) is 3.10. The minimum absolute atomic E-state index is 0.0501. The number of nitrogens with two attached hydrogens (primary N) is 1. The number of carbonyl (C=O) groups excluding carboxylic acids is 1. The van der Waals surface area contributed by atoms with Gasteiger partial charge in [-0.1, -0.05) is 37.3 Å². The maximum atomic E-state index is 12.0. The van der Waals surface area contributed by atoms with E-state index in [-0.39, 0.29) is 5.54 Å². The van der Waals surface area contributed by atoms with Gasteiger partial charge in [0.25, 0.3) is 0 Å². The van der Waals surface area contributed by atoms with E-state index in [1.807, 2.05) is 54.6 Å². The van der Waals surface area contributed by atoms with Gasteiger partial charge in [-0.05, 0) is 63.6 Å². The molecule has 0 aliphatic rings. The number of rotatable bonds is 9. The van der Waals surface area contributed by atoms with Crippen molar-refractivity contribution in [2.45, 2.75) is 46.3 Å². The highest BCUT2D eigenvalue weighted by atomic mass is 16.5. The van der Waals surface area contributed by atoms with Crippen LogP contribution in [-0.2, 0) is 6.61 Å². The molecule has 5 heteroatoms. The van der Waals surface area contributed by atoms with Crippen LogP contribution in [-0.4, -0.2) is 36.1 Å². The first kappa shape index (κ1) is 21.8. The molecule has 2 rings (SSSR count). The van der Waals surface area contributed by atoms with Crippen molar-refractivity contribution in [2.24, 2.45) is 5.73 Å². The first-order valence-electron chi connectivity index (χ1n) is 9.90. The Bertz CT molecular complexity index is 724. The molecule has 0 aliphatic heterocycles. The largest absolute Gasteiger partial charge is 0.489 e. The second-order valence-corrected chi connectivity index (χ2v) is 7.92. The summed E-state index contributed by atoms with van der Waals surface area (Å²) in [5, 5.41) is 0. The molecule has 5 nitrogen and oxygen atoms in total. The molecule has 0 atom stereocenters. The van der Waals surface area contributed by atoms with Crippen LogP contribution in [0, 0.1) is 0 Å². The van der Waals surface area contributed by atoms with Crippen molar-refractivity contribution >= 4 is 11.7 Å². The van der Waals surface area contributed by atoms with Crippen molar-refractivity contribution in [3.8, 4) is 5.75 Å². The Labute approximate surface area is 169 Å². The van der Waals surface area contributed by atoms with E-state index in [9.17, 15) is 4.79 Å². The summed E-state index contributed by atoms with van der Waals surface area (Å²) in [7, 11) is 0. The van der Waals surface area contributed by atoms with Gasteiger partial charge in [0.05, 0.1) is 0 Å². The minimum atomic E-state index is -0.441. The van der Waals surface area contributed by atoms with E-state index in [4.69, 9.17) is 10.5 Å². The highest BCUT2D eigenvalue weighted by Gasteiger charge is 2.22. The summed E-state index contributed by atoms with van der Waals surface area (Å²) in [6.07, 6.45) is 1.07. The molecule has 2 aromatic carbocycles. The second-order valence-electron chi connectivity index (χ2n) is 7.92. The summed E-state index contributed by atoms with van der Waals surface area (Å²) in [5.74, 6) is 0.763. The van der Waals surface area contributed by atoms with Crippen LogP contribution in [0.4, 0.5) is 10.5 Å². The fraction of sp³-hybridized carbons (Fsp3) is 0.435. The van der Waals surface area contributed by atoms with Gasteiger partial charge >= 0.3 is 6.03 Å². The van der Waals surface area contributed by atoms with E-state index in [0.717, 1.165) is 36.5 Å². The highest BCUT2D eigenvalue weighted by molar-refractivity contribution is 5.90. The molecule has 0 aliphatic carbocycles. The first-order valence-corrected chi connectivity index (χ1v) is 9.90. The predicted octanol–water partition coefficient (Wildman–Crippen LogP) is 4.66. The monoisotopic (exact) mass is 383 g/mol. The number of benzene rings is 2. The van der Waals surface area contributed by atoms with E-state index < -0.39 is 6.03 Å². The Kier molecular flexibility index (Phi) is 7.88. The Hall–Kier alpha value is -2.53. The molecule has 28 heavy (non-hydrogen) atoms. The van der Waals surface area contributed by atoms with Crippen molar-refractivity contribution in [2.75, 3.05) is 24.5 Å². The van der Waals surface area contributed by atoms with Gasteiger partial charge in [0, 0.05) is 24.3 Å². The molecule has 0 heterocycles. The van der Waals surface area contributed by atoms with Crippen LogP contribution in [0.15, 0.2) is 54.6 Å². The standard InChI is InChI=1S/C23H33N3O2/c1-5-15-25(23(2,3)4)16-17-26(22(24)27)20-11-13-21(14-12-20)28-18-19-9-7-6-8-10-19/h6-14H,5,15-18H2,1-4H3,(H2,24,27). The Morgan fingerprint density at radius 3 is 2.14 bits per heavy atom. The summed E-state index contributed by atoms with van der Waals surface area (Å²) in [6, 6.07) is 17.1. The van der Waals surface area contributed by atoms with E-state index in [0.29, 0.717) is 13.2 Å². The molecule has 2 amide bonds. The molecule has 0 radical (unpaired) electrons. The van der Waals surface area contributed by atoms with Gasteiger partial charge < -0.3 is 10.5 Å². The van der Waals surface area contributed by atoms with Gasteiger partial charge in [0.1, 0.15) is 12.4 Å². The lowest BCUT2D eigenvalue weighted by Gasteiger charge is -2.36. The van der Waals surface area contributed by atoms with E-state index in [1.54, 1.807) is 4.90 Å². The number of ether oxygens (including phenoxy) is 1. The molecule has 0 saturated carbocycles. The van der Waals surface area contributed by atoms with Gasteiger partial charge in [-0.25, -0.2) is 4.79 Å². The summed E-state index contributed by atoms with van der Waals surface area (Å²) in [5.41, 5.74) is 7.59. The molecule has 0 spiro atoms. The minimum Gasteiger partial charge on any atom is -0.489 e. The van der Waals surface area contributed by atoms with E-state index in [1.165, 1.54) is 0 Å². The Morgan fingerprint density at radius 2 is 1.61 bits per heavy atom. The predicted molar refractivity (Wildman–Crippen MR) is 116 cm³/mol. The van der Waals surface area contributed by atoms with Gasteiger partial charge in [0.2, 0.25) is 0 Å². The zero-order valence-electron chi connectivity index (χ0n) is 17.5. The molecule has 0 unspecified atom stereocenters. The zero-order valence-corrected chi connectivity index (χ0v) is 17.5. The first-order chi connectivity index (χ1) is 13.3. The van der Waals surface area contributed by atoms with E-state index >= 15 is 0 Å². The number of hydrogen-bond donors (Lipinski definition) is 1. The van der Waals surface area contributed by atoms with Crippen LogP contribution in [0.3, 0.4) is 0 Å². The Balaban J connectivity index is 2.00. The van der Waals surface area contributed by atoms with Crippen molar-refractivity contribution in [1.82, 2.24) is 4.90 Å². The van der Waals surface area contributed by atoms with Crippen LogP contribution in [0.25, 0.3) is 0 Å². The van der Waals surface area contributed by atoms with Crippen LogP contribution in [0.5, 0.6) is 5.75 Å². The number of primary amides is 1. The number of nitrogens with zero attached hydrogens (tertiary/aromatic N) is 2. The maximum Gasteiger partial charge on any atom is 0.319 e. The number of urea groups is 1. The highest BCUT2D eigenvalue weighted by Crippen LogP contribution is 2.21. The van der Waals surface area contributed by atoms with E-state index in [2.05, 4.69) is 32.6 Å². The average Bonchev–Trinajstić information content (AvgIpc) is 2.66. The molecule has 2 aromatic rings. The third kappa shape index (κ3) is 6.57. The molecule has 0 bridgehead atoms. The van der Waals surface area contributed by atoms with Crippen molar-refractivity contribution in [3.05, 3.63) is 60.2 Å². The quantitative estimate of drug-likeness (QED) is 0.685. The van der Waals surface area contributed by atoms with Crippen LogP contribution in [0.2, 0.25) is 0 Å². The molecular formula is C23H33N3O2. The van der Waals surface area contributed by atoms with Gasteiger partial charge in [-0.15, -0.1) is 0 Å². The summed E-state index contributed by atoms with van der Waals surface area (Å²) in [6.45, 7) is 11.6. The number of hydrogen-bond acceptors (Lipinski definition) is 3. The van der Waals surface area contributed by atoms with Crippen LogP contribution < -0.4 is 15.4 Å². The van der Waals surface area contributed by atoms with Gasteiger partial charge in [-0.2, -0.15) is 0 Å². The van der Waals surface area contributed by atoms with Crippen molar-refractivity contribution in [1.29, 1.82) is 0 Å². The second kappa shape index (κ2) is 10.1. The summed E-state index contributed by atoms with van der Waals surface area (Å²) < 4.78 is 5.82. The van der Waals surface area contributed by atoms with Gasteiger partial charge in [-0.3, -0.25) is 9.80 Å². The van der Waals surface area contributed by atoms with Crippen LogP contribution in [0.1, 0.15) is 39.7 Å². The topological polar surface area (TPSA) is 58.8 Å². The molecule has 152 valence electrons. The molecule has 0 fully saturated rings. The molecular weight excluding hydrogens is 350 g/mol. The van der Waals surface area contributed by atoms with Crippen LogP contribution >= 0.6 is 0 Å². The number of carbonyl (C=O) groups is 1. The number of anilines is 1. The molecule has 0 aromatic heterocycles. The summed E-state index contributed by atoms with van der Waals surface area (Å²) in [4.78, 5) is 16.0. The SMILES string of the molecule is CCCN(CCN(C(N)=O)c1ccc(OCc2ccccc2)cc1)C(C)(C)C. The third-order valence-corrected chi connectivity index (χ3v) is 4.70. The molecule has 0 saturated heterocycles. The lowest BCUT2D eigenvalue weighted by atomic mass is 10.1. The maximum absolute atomic E-state index is 12.0. The lowest BCUT2D eigenvalue weighted by molar-refractivity contribution is 0.140. The molecule has 2 N–H and O–H groups in total. The lowest BCUT2D eigenvalue weighted by Crippen LogP contribution is -2.48. The van der Waals surface area contributed by atoms with Crippen molar-refractivity contribution < 1.29 is 9.53 Å². The Morgan fingerprint density at radius 1 is 0.964 bits per heavy atom. The smallest absolute Gasteiger partial charge is 0.319 e. The average molecular weight is 384 g/mol. The van der Waals surface area contributed by atoms with Gasteiger partial charge in [0.15, 0.2) is 0 Å².